The van der Waals surface area contributed by atoms with E-state index in [0.29, 0.717) is 10.5 Å². The molecular weight excluding hydrogens is 485 g/mol. The molecule has 0 fully saturated rings. The molecule has 3 aromatic rings. The zero-order valence-corrected chi connectivity index (χ0v) is 18.9. The standard InChI is InChI=1S/C19H13Cl2N3O5S2/c1-29-18(26)11-4-2-10(3-5-11)7-23-17(25)15-6-14(24(27)28)19(30-15)31-16-12(20)8-22-9-13(16)21/h2-6,8-9H,7H2,1H3,(H,23,25). The lowest BCUT2D eigenvalue weighted by Crippen LogP contribution is -2.21. The lowest BCUT2D eigenvalue weighted by atomic mass is 10.1. The van der Waals surface area contributed by atoms with E-state index >= 15 is 0 Å². The number of nitro groups is 1. The van der Waals surface area contributed by atoms with Gasteiger partial charge in [-0.15, -0.1) is 11.3 Å². The molecule has 2 aromatic heterocycles. The molecule has 0 aliphatic carbocycles. The number of amides is 1. The number of aromatic nitrogens is 1. The van der Waals surface area contributed by atoms with Gasteiger partial charge in [0.1, 0.15) is 9.09 Å². The third-order valence-electron chi connectivity index (χ3n) is 3.93. The first-order valence-electron chi connectivity index (χ1n) is 8.50. The molecule has 0 unspecified atom stereocenters. The van der Waals surface area contributed by atoms with Crippen LogP contribution in [0.15, 0.2) is 51.8 Å². The van der Waals surface area contributed by atoms with Crippen molar-refractivity contribution < 1.29 is 19.2 Å². The molecule has 0 aliphatic heterocycles. The first-order valence-corrected chi connectivity index (χ1v) is 10.9. The third-order valence-corrected chi connectivity index (χ3v) is 7.19. The molecule has 1 N–H and O–H groups in total. The summed E-state index contributed by atoms with van der Waals surface area (Å²) in [4.78, 5) is 39.3. The van der Waals surface area contributed by atoms with Crippen LogP contribution >= 0.6 is 46.3 Å². The Kier molecular flexibility index (Phi) is 7.50. The van der Waals surface area contributed by atoms with Crippen molar-refractivity contribution in [2.45, 2.75) is 15.6 Å². The van der Waals surface area contributed by atoms with Crippen molar-refractivity contribution in [3.63, 3.8) is 0 Å². The molecule has 12 heteroatoms. The fourth-order valence-electron chi connectivity index (χ4n) is 2.41. The van der Waals surface area contributed by atoms with Crippen molar-refractivity contribution in [3.8, 4) is 0 Å². The van der Waals surface area contributed by atoms with Gasteiger partial charge in [0.25, 0.3) is 11.6 Å². The van der Waals surface area contributed by atoms with Crippen molar-refractivity contribution in [1.82, 2.24) is 10.3 Å². The maximum atomic E-state index is 12.5. The molecule has 8 nitrogen and oxygen atoms in total. The monoisotopic (exact) mass is 497 g/mol. The number of carbonyl (C=O) groups is 2. The van der Waals surface area contributed by atoms with Crippen LogP contribution in [0.3, 0.4) is 0 Å². The van der Waals surface area contributed by atoms with Crippen molar-refractivity contribution in [1.29, 1.82) is 0 Å². The van der Waals surface area contributed by atoms with E-state index in [9.17, 15) is 19.7 Å². The molecule has 0 saturated carbocycles. The van der Waals surface area contributed by atoms with Crippen LogP contribution in [0, 0.1) is 10.1 Å². The molecule has 0 atom stereocenters. The molecular formula is C19H13Cl2N3O5S2. The highest BCUT2D eigenvalue weighted by Crippen LogP contribution is 2.45. The molecule has 0 spiro atoms. The zero-order valence-electron chi connectivity index (χ0n) is 15.8. The van der Waals surface area contributed by atoms with E-state index in [1.165, 1.54) is 25.6 Å². The van der Waals surface area contributed by atoms with Gasteiger partial charge in [-0.05, 0) is 17.7 Å². The average molecular weight is 498 g/mol. The van der Waals surface area contributed by atoms with E-state index < -0.39 is 16.8 Å². The Labute approximate surface area is 194 Å². The number of rotatable bonds is 7. The minimum Gasteiger partial charge on any atom is -0.465 e. The van der Waals surface area contributed by atoms with Gasteiger partial charge in [-0.1, -0.05) is 47.1 Å². The smallest absolute Gasteiger partial charge is 0.337 e. The Bertz CT molecular complexity index is 1130. The topological polar surface area (TPSA) is 111 Å². The van der Waals surface area contributed by atoms with Crippen LogP contribution in [0.1, 0.15) is 25.6 Å². The molecule has 0 saturated heterocycles. The summed E-state index contributed by atoms with van der Waals surface area (Å²) in [6, 6.07) is 7.74. The predicted molar refractivity (Wildman–Crippen MR) is 118 cm³/mol. The fourth-order valence-corrected chi connectivity index (χ4v) is 5.19. The summed E-state index contributed by atoms with van der Waals surface area (Å²) in [5.74, 6) is -0.926. The number of halogens is 2. The van der Waals surface area contributed by atoms with Crippen LogP contribution in [-0.4, -0.2) is 28.9 Å². The number of hydrogen-bond donors (Lipinski definition) is 1. The van der Waals surface area contributed by atoms with Crippen LogP contribution in [0.4, 0.5) is 5.69 Å². The SMILES string of the molecule is COC(=O)c1ccc(CNC(=O)c2cc([N+](=O)[O-])c(Sc3c(Cl)cncc3Cl)s2)cc1. The number of pyridine rings is 1. The second kappa shape index (κ2) is 10.1. The highest BCUT2D eigenvalue weighted by Gasteiger charge is 2.25. The summed E-state index contributed by atoms with van der Waals surface area (Å²) in [5.41, 5.74) is 0.921. The Morgan fingerprint density at radius 1 is 1.23 bits per heavy atom. The highest BCUT2D eigenvalue weighted by atomic mass is 35.5. The summed E-state index contributed by atoms with van der Waals surface area (Å²) < 4.78 is 4.91. The Balaban J connectivity index is 1.75. The minimum absolute atomic E-state index is 0.168. The summed E-state index contributed by atoms with van der Waals surface area (Å²) >= 11 is 14.2. The van der Waals surface area contributed by atoms with Gasteiger partial charge in [-0.3, -0.25) is 19.9 Å². The lowest BCUT2D eigenvalue weighted by Gasteiger charge is -2.05. The number of nitrogens with zero attached hydrogens (tertiary/aromatic N) is 2. The number of carbonyl (C=O) groups excluding carboxylic acids is 2. The van der Waals surface area contributed by atoms with Crippen LogP contribution in [0.2, 0.25) is 10.0 Å². The van der Waals surface area contributed by atoms with Crippen LogP contribution in [0.5, 0.6) is 0 Å². The average Bonchev–Trinajstić information content (AvgIpc) is 3.19. The van der Waals surface area contributed by atoms with Gasteiger partial charge in [0.05, 0.1) is 32.5 Å². The molecule has 0 radical (unpaired) electrons. The maximum absolute atomic E-state index is 12.5. The number of benzene rings is 1. The van der Waals surface area contributed by atoms with Gasteiger partial charge in [0, 0.05) is 25.0 Å². The number of methoxy groups -OCH3 is 1. The number of ether oxygens (including phenoxy) is 1. The molecule has 31 heavy (non-hydrogen) atoms. The van der Waals surface area contributed by atoms with Crippen molar-refractivity contribution in [3.05, 3.63) is 78.9 Å². The first-order chi connectivity index (χ1) is 14.8. The molecule has 1 amide bonds. The number of hydrogen-bond acceptors (Lipinski definition) is 8. The molecule has 0 bridgehead atoms. The quantitative estimate of drug-likeness (QED) is 0.270. The molecule has 3 rings (SSSR count). The van der Waals surface area contributed by atoms with E-state index in [1.54, 1.807) is 24.3 Å². The van der Waals surface area contributed by atoms with Crippen LogP contribution in [0.25, 0.3) is 0 Å². The van der Waals surface area contributed by atoms with Gasteiger partial charge < -0.3 is 10.1 Å². The van der Waals surface area contributed by atoms with Crippen molar-refractivity contribution >= 4 is 63.9 Å². The van der Waals surface area contributed by atoms with E-state index in [2.05, 4.69) is 15.0 Å². The summed E-state index contributed by atoms with van der Waals surface area (Å²) in [7, 11) is 1.29. The normalized spacial score (nSPS) is 10.5. The second-order valence-electron chi connectivity index (χ2n) is 5.95. The van der Waals surface area contributed by atoms with E-state index in [1.807, 2.05) is 0 Å². The number of esters is 1. The third kappa shape index (κ3) is 5.53. The second-order valence-corrected chi connectivity index (χ2v) is 9.09. The van der Waals surface area contributed by atoms with E-state index in [0.717, 1.165) is 28.7 Å². The van der Waals surface area contributed by atoms with Gasteiger partial charge in [0.2, 0.25) is 0 Å². The summed E-state index contributed by atoms with van der Waals surface area (Å²) in [6.45, 7) is 0.177. The van der Waals surface area contributed by atoms with Gasteiger partial charge in [-0.25, -0.2) is 4.79 Å². The molecule has 0 aliphatic rings. The Morgan fingerprint density at radius 3 is 2.45 bits per heavy atom. The fraction of sp³-hybridized carbons (Fsp3) is 0.105. The predicted octanol–water partition coefficient (Wildman–Crippen LogP) is 5.23. The van der Waals surface area contributed by atoms with Crippen molar-refractivity contribution in [2.24, 2.45) is 0 Å². The van der Waals surface area contributed by atoms with Crippen molar-refractivity contribution in [2.75, 3.05) is 7.11 Å². The van der Waals surface area contributed by atoms with Gasteiger partial charge in [-0.2, -0.15) is 0 Å². The summed E-state index contributed by atoms with van der Waals surface area (Å²) in [5, 5.41) is 14.7. The highest BCUT2D eigenvalue weighted by molar-refractivity contribution is 8.01. The minimum atomic E-state index is -0.565. The van der Waals surface area contributed by atoms with E-state index in [4.69, 9.17) is 23.2 Å². The van der Waals surface area contributed by atoms with Crippen LogP contribution < -0.4 is 5.32 Å². The number of thiophene rings is 1. The molecule has 2 heterocycles. The largest absolute Gasteiger partial charge is 0.465 e. The summed E-state index contributed by atoms with van der Waals surface area (Å²) in [6.07, 6.45) is 2.77. The molecule has 1 aromatic carbocycles. The number of nitrogens with one attached hydrogen (secondary N) is 1. The lowest BCUT2D eigenvalue weighted by molar-refractivity contribution is -0.387. The molecule has 160 valence electrons. The van der Waals surface area contributed by atoms with Gasteiger partial charge in [0.15, 0.2) is 0 Å². The van der Waals surface area contributed by atoms with Gasteiger partial charge >= 0.3 is 5.97 Å². The maximum Gasteiger partial charge on any atom is 0.337 e. The first kappa shape index (κ1) is 23.0. The van der Waals surface area contributed by atoms with Crippen LogP contribution in [-0.2, 0) is 11.3 Å². The Hall–Kier alpha value is -2.66. The zero-order chi connectivity index (χ0) is 22.5. The Morgan fingerprint density at radius 2 is 1.87 bits per heavy atom. The van der Waals surface area contributed by atoms with E-state index in [-0.39, 0.29) is 31.4 Å².